The van der Waals surface area contributed by atoms with Crippen LogP contribution < -0.4 is 5.43 Å². The number of hydrazone groups is 1. The first-order chi connectivity index (χ1) is 6.58. The van der Waals surface area contributed by atoms with Crippen LogP contribution in [0.3, 0.4) is 0 Å². The number of furan rings is 1. The second-order valence-electron chi connectivity index (χ2n) is 4.04. The molecule has 1 saturated heterocycles. The van der Waals surface area contributed by atoms with E-state index in [9.17, 15) is 4.79 Å². The average molecular weight is 193 g/mol. The topological polar surface area (TPSA) is 45.2 Å². The van der Waals surface area contributed by atoms with Crippen LogP contribution >= 0.6 is 0 Å². The van der Waals surface area contributed by atoms with E-state index in [1.54, 1.807) is 17.2 Å². The summed E-state index contributed by atoms with van der Waals surface area (Å²) < 4.78 is 6.96. The molecule has 0 aliphatic carbocycles. The van der Waals surface area contributed by atoms with Crippen LogP contribution in [0.25, 0.3) is 0 Å². The molecule has 0 spiro atoms. The summed E-state index contributed by atoms with van der Waals surface area (Å²) in [6.07, 6.45) is 3.91. The summed E-state index contributed by atoms with van der Waals surface area (Å²) in [5.74, 6) is 0.776. The van der Waals surface area contributed by atoms with E-state index in [2.05, 4.69) is 5.43 Å². The van der Waals surface area contributed by atoms with Gasteiger partial charge in [-0.1, -0.05) is 0 Å². The molecule has 0 radical (unpaired) electrons. The zero-order valence-electron chi connectivity index (χ0n) is 8.28. The highest BCUT2D eigenvalue weighted by molar-refractivity contribution is 5.79. The van der Waals surface area contributed by atoms with Crippen molar-refractivity contribution in [3.8, 4) is 0 Å². The average Bonchev–Trinajstić information content (AvgIpc) is 2.61. The van der Waals surface area contributed by atoms with Gasteiger partial charge in [-0.05, 0) is 12.1 Å². The van der Waals surface area contributed by atoms with E-state index in [1.807, 2.05) is 26.0 Å². The third kappa shape index (κ3) is 1.55. The molecule has 2 rings (SSSR count). The fraction of sp³-hybridized carbons (Fsp3) is 0.400. The van der Waals surface area contributed by atoms with E-state index in [4.69, 9.17) is 4.42 Å². The van der Waals surface area contributed by atoms with Crippen molar-refractivity contribution >= 4 is 12.1 Å². The van der Waals surface area contributed by atoms with Gasteiger partial charge in [-0.25, -0.2) is 0 Å². The van der Waals surface area contributed by atoms with Gasteiger partial charge in [0.25, 0.3) is 5.91 Å². The molecule has 1 aromatic heterocycles. The zero-order valence-corrected chi connectivity index (χ0v) is 8.28. The highest BCUT2D eigenvalue weighted by Gasteiger charge is 2.42. The molecule has 14 heavy (non-hydrogen) atoms. The largest absolute Gasteiger partial charge is 0.459 e. The van der Waals surface area contributed by atoms with E-state index in [0.717, 1.165) is 5.76 Å². The van der Waals surface area contributed by atoms with Crippen LogP contribution in [0.15, 0.2) is 22.8 Å². The fourth-order valence-electron chi connectivity index (χ4n) is 1.50. The van der Waals surface area contributed by atoms with Crippen molar-refractivity contribution in [1.82, 2.24) is 5.43 Å². The Morgan fingerprint density at radius 3 is 2.93 bits per heavy atom. The van der Waals surface area contributed by atoms with E-state index in [-0.39, 0.29) is 11.4 Å². The second kappa shape index (κ2) is 2.97. The normalized spacial score (nSPS) is 22.7. The Hall–Kier alpha value is -1.58. The standard InChI is InChI=1S/C10H12N2O2/c1-10(2)6-9(13)11-12(10)7-8-4-3-5-14-8/h3-5,7H,6H2,1-2H3/p+1/b12-7-. The molecule has 0 bridgehead atoms. The number of hydrogen-bond acceptors (Lipinski definition) is 2. The van der Waals surface area contributed by atoms with Gasteiger partial charge in [-0.3, -0.25) is 4.79 Å². The second-order valence-corrected chi connectivity index (χ2v) is 4.04. The fourth-order valence-corrected chi connectivity index (χ4v) is 1.50. The quantitative estimate of drug-likeness (QED) is 0.674. The van der Waals surface area contributed by atoms with Crippen molar-refractivity contribution in [1.29, 1.82) is 0 Å². The van der Waals surface area contributed by atoms with Gasteiger partial charge < -0.3 is 4.42 Å². The van der Waals surface area contributed by atoms with Gasteiger partial charge in [0.15, 0.2) is 11.3 Å². The summed E-state index contributed by atoms with van der Waals surface area (Å²) in [7, 11) is 0. The minimum absolute atomic E-state index is 0.0396. The van der Waals surface area contributed by atoms with Gasteiger partial charge in [-0.15, -0.1) is 10.1 Å². The van der Waals surface area contributed by atoms with Crippen molar-refractivity contribution in [2.45, 2.75) is 25.8 Å². The zero-order chi connectivity index (χ0) is 10.2. The Balaban J connectivity index is 2.31. The van der Waals surface area contributed by atoms with Crippen LogP contribution in [0.5, 0.6) is 0 Å². The first-order valence-electron chi connectivity index (χ1n) is 4.55. The maximum absolute atomic E-state index is 11.2. The van der Waals surface area contributed by atoms with Crippen molar-refractivity contribution in [2.75, 3.05) is 0 Å². The molecule has 0 saturated carbocycles. The molecule has 0 aromatic carbocycles. The molecule has 1 N–H and O–H groups in total. The summed E-state index contributed by atoms with van der Waals surface area (Å²) >= 11 is 0. The Morgan fingerprint density at radius 2 is 2.43 bits per heavy atom. The number of nitrogens with zero attached hydrogens (tertiary/aromatic N) is 1. The third-order valence-electron chi connectivity index (χ3n) is 2.29. The predicted molar refractivity (Wildman–Crippen MR) is 51.0 cm³/mol. The lowest BCUT2D eigenvalue weighted by Gasteiger charge is -2.08. The van der Waals surface area contributed by atoms with Crippen LogP contribution in [-0.2, 0) is 4.79 Å². The van der Waals surface area contributed by atoms with E-state index in [1.165, 1.54) is 0 Å². The molecule has 1 aliphatic heterocycles. The molecule has 1 aromatic rings. The molecule has 74 valence electrons. The number of nitrogens with one attached hydrogen (secondary N) is 1. The maximum atomic E-state index is 11.2. The van der Waals surface area contributed by atoms with Gasteiger partial charge >= 0.3 is 0 Å². The Kier molecular flexibility index (Phi) is 1.91. The molecule has 1 amide bonds. The van der Waals surface area contributed by atoms with Crippen LogP contribution in [0.2, 0.25) is 0 Å². The Labute approximate surface area is 82.2 Å². The number of carbonyl (C=O) groups excluding carboxylic acids is 1. The summed E-state index contributed by atoms with van der Waals surface area (Å²) in [6, 6.07) is 3.66. The molecule has 0 unspecified atom stereocenters. The molecule has 1 aliphatic rings. The Bertz CT molecular complexity index is 377. The molecule has 2 heterocycles. The van der Waals surface area contributed by atoms with Gasteiger partial charge in [0.2, 0.25) is 6.21 Å². The smallest absolute Gasteiger partial charge is 0.281 e. The number of amides is 1. The van der Waals surface area contributed by atoms with Gasteiger partial charge in [0, 0.05) is 13.8 Å². The third-order valence-corrected chi connectivity index (χ3v) is 2.29. The highest BCUT2D eigenvalue weighted by Crippen LogP contribution is 2.18. The highest BCUT2D eigenvalue weighted by atomic mass is 16.3. The van der Waals surface area contributed by atoms with Gasteiger partial charge in [0.05, 0.1) is 12.7 Å². The van der Waals surface area contributed by atoms with Gasteiger partial charge in [0.1, 0.15) is 0 Å². The first-order valence-corrected chi connectivity index (χ1v) is 4.55. The van der Waals surface area contributed by atoms with Crippen LogP contribution in [0.1, 0.15) is 26.0 Å². The van der Waals surface area contributed by atoms with Crippen LogP contribution in [0.4, 0.5) is 0 Å². The van der Waals surface area contributed by atoms with E-state index >= 15 is 0 Å². The number of rotatable bonds is 1. The van der Waals surface area contributed by atoms with Crippen molar-refractivity contribution in [2.24, 2.45) is 0 Å². The predicted octanol–water partition coefficient (Wildman–Crippen LogP) is 0.924. The van der Waals surface area contributed by atoms with Crippen molar-refractivity contribution in [3.63, 3.8) is 0 Å². The van der Waals surface area contributed by atoms with Gasteiger partial charge in [-0.2, -0.15) is 0 Å². The number of hydrazine groups is 1. The van der Waals surface area contributed by atoms with E-state index in [0.29, 0.717) is 6.42 Å². The summed E-state index contributed by atoms with van der Waals surface area (Å²) in [5, 5.41) is 0. The van der Waals surface area contributed by atoms with Crippen molar-refractivity contribution in [3.05, 3.63) is 24.2 Å². The van der Waals surface area contributed by atoms with E-state index < -0.39 is 0 Å². The lowest BCUT2D eigenvalue weighted by Crippen LogP contribution is -2.36. The molecule has 4 nitrogen and oxygen atoms in total. The lowest BCUT2D eigenvalue weighted by molar-refractivity contribution is -0.621. The minimum atomic E-state index is -0.191. The Morgan fingerprint density at radius 1 is 1.64 bits per heavy atom. The molecule has 0 atom stereocenters. The van der Waals surface area contributed by atoms with Crippen molar-refractivity contribution < 1.29 is 13.9 Å². The summed E-state index contributed by atoms with van der Waals surface area (Å²) in [6.45, 7) is 4.01. The number of hydrogen-bond donors (Lipinski definition) is 1. The van der Waals surface area contributed by atoms with Crippen LogP contribution in [0, 0.1) is 0 Å². The molecular weight excluding hydrogens is 180 g/mol. The SMILES string of the molecule is CC1(C)CC(=O)N/[N+]1=C\c1ccco1. The lowest BCUT2D eigenvalue weighted by atomic mass is 10.0. The summed E-state index contributed by atoms with van der Waals surface area (Å²) in [5.41, 5.74) is 2.57. The molecular formula is C10H13N2O2+. The first kappa shape index (κ1) is 8.99. The summed E-state index contributed by atoms with van der Waals surface area (Å²) in [4.78, 5) is 11.2. The molecule has 4 heteroatoms. The molecule has 1 fully saturated rings. The maximum Gasteiger partial charge on any atom is 0.281 e. The minimum Gasteiger partial charge on any atom is -0.459 e. The van der Waals surface area contributed by atoms with Crippen LogP contribution in [-0.4, -0.2) is 22.3 Å². The number of carbonyl (C=O) groups is 1. The monoisotopic (exact) mass is 193 g/mol.